The first-order valence-electron chi connectivity index (χ1n) is 6.11. The van der Waals surface area contributed by atoms with Gasteiger partial charge in [-0.1, -0.05) is 36.4 Å². The number of nitrogens with two attached hydrogens (primary N) is 1. The molecular weight excluding hydrogens is 319 g/mol. The van der Waals surface area contributed by atoms with Gasteiger partial charge in [0.15, 0.2) is 0 Å². The van der Waals surface area contributed by atoms with E-state index in [1.165, 1.54) is 0 Å². The molecule has 0 bridgehead atoms. The summed E-state index contributed by atoms with van der Waals surface area (Å²) in [5.41, 5.74) is 0.499. The van der Waals surface area contributed by atoms with Gasteiger partial charge in [0.25, 0.3) is 0 Å². The van der Waals surface area contributed by atoms with E-state index >= 15 is 0 Å². The molecule has 0 aliphatic rings. The van der Waals surface area contributed by atoms with Crippen LogP contribution in [0.2, 0.25) is 0 Å². The molecule has 8 heteroatoms. The van der Waals surface area contributed by atoms with E-state index in [1.807, 2.05) is 0 Å². The zero-order valence-corrected chi connectivity index (χ0v) is 12.0. The Bertz CT molecular complexity index is 759. The van der Waals surface area contributed by atoms with Gasteiger partial charge in [-0.05, 0) is 17.7 Å². The second kappa shape index (κ2) is 5.98. The summed E-state index contributed by atoms with van der Waals surface area (Å²) in [4.78, 5) is -0.391. The molecule has 0 aliphatic carbocycles. The first-order chi connectivity index (χ1) is 10.2. The van der Waals surface area contributed by atoms with Crippen molar-refractivity contribution in [1.82, 2.24) is 0 Å². The van der Waals surface area contributed by atoms with Crippen molar-refractivity contribution in [2.45, 2.75) is 17.7 Å². The molecule has 0 radical (unpaired) electrons. The third-order valence-electron chi connectivity index (χ3n) is 2.85. The average molecular weight is 331 g/mol. The molecule has 2 aromatic carbocycles. The van der Waals surface area contributed by atoms with Gasteiger partial charge in [-0.25, -0.2) is 13.6 Å². The van der Waals surface area contributed by atoms with Gasteiger partial charge >= 0.3 is 6.36 Å². The molecule has 22 heavy (non-hydrogen) atoms. The molecule has 0 aliphatic heterocycles. The van der Waals surface area contributed by atoms with Crippen LogP contribution in [-0.2, 0) is 16.4 Å². The van der Waals surface area contributed by atoms with Crippen LogP contribution in [0.15, 0.2) is 53.4 Å². The Morgan fingerprint density at radius 2 is 1.64 bits per heavy atom. The summed E-state index contributed by atoms with van der Waals surface area (Å²) in [5.74, 6) is -0.581. The lowest BCUT2D eigenvalue weighted by atomic mass is 10.0. The van der Waals surface area contributed by atoms with E-state index in [-0.39, 0.29) is 12.0 Å². The van der Waals surface area contributed by atoms with E-state index < -0.39 is 27.0 Å². The first kappa shape index (κ1) is 16.3. The zero-order chi connectivity index (χ0) is 16.4. The number of hydrogen-bond donors (Lipinski definition) is 1. The maximum atomic E-state index is 12.5. The smallest absolute Gasteiger partial charge is 0.405 e. The number of primary sulfonamides is 1. The summed E-state index contributed by atoms with van der Waals surface area (Å²) in [6.45, 7) is 0. The van der Waals surface area contributed by atoms with Gasteiger partial charge in [0.1, 0.15) is 5.75 Å². The van der Waals surface area contributed by atoms with Crippen molar-refractivity contribution in [3.8, 4) is 5.75 Å². The van der Waals surface area contributed by atoms with Crippen molar-refractivity contribution in [2.75, 3.05) is 0 Å². The zero-order valence-electron chi connectivity index (χ0n) is 11.2. The maximum Gasteiger partial charge on any atom is 0.573 e. The minimum atomic E-state index is -4.93. The molecule has 0 heterocycles. The van der Waals surface area contributed by atoms with Gasteiger partial charge in [0, 0.05) is 12.0 Å². The number of sulfonamides is 1. The molecule has 0 amide bonds. The van der Waals surface area contributed by atoms with Crippen LogP contribution in [0.25, 0.3) is 0 Å². The monoisotopic (exact) mass is 331 g/mol. The molecule has 4 nitrogen and oxygen atoms in total. The first-order valence-corrected chi connectivity index (χ1v) is 7.66. The van der Waals surface area contributed by atoms with E-state index in [1.54, 1.807) is 30.3 Å². The Morgan fingerprint density at radius 1 is 1.00 bits per heavy atom. The largest absolute Gasteiger partial charge is 0.573 e. The number of rotatable bonds is 4. The van der Waals surface area contributed by atoms with Crippen LogP contribution >= 0.6 is 0 Å². The standard InChI is InChI=1S/C14H12F3NO3S/c15-14(16,17)21-12-7-4-8-13(22(18,19)20)11(12)9-10-5-2-1-3-6-10/h1-8H,9H2,(H2,18,19,20). The van der Waals surface area contributed by atoms with Crippen molar-refractivity contribution >= 4 is 10.0 Å². The number of hydrogen-bond acceptors (Lipinski definition) is 3. The van der Waals surface area contributed by atoms with Crippen molar-refractivity contribution < 1.29 is 26.3 Å². The summed E-state index contributed by atoms with van der Waals surface area (Å²) in [5, 5.41) is 5.08. The van der Waals surface area contributed by atoms with Crippen LogP contribution in [0.3, 0.4) is 0 Å². The lowest BCUT2D eigenvalue weighted by Crippen LogP contribution is -2.20. The molecule has 0 saturated carbocycles. The van der Waals surface area contributed by atoms with Crippen LogP contribution < -0.4 is 9.88 Å². The molecule has 2 N–H and O–H groups in total. The highest BCUT2D eigenvalue weighted by Gasteiger charge is 2.33. The van der Waals surface area contributed by atoms with E-state index in [4.69, 9.17) is 5.14 Å². The van der Waals surface area contributed by atoms with Crippen LogP contribution in [0.5, 0.6) is 5.75 Å². The van der Waals surface area contributed by atoms with Crippen LogP contribution in [0.4, 0.5) is 13.2 Å². The molecule has 0 saturated heterocycles. The lowest BCUT2D eigenvalue weighted by Gasteiger charge is -2.16. The van der Waals surface area contributed by atoms with Crippen LogP contribution in [-0.4, -0.2) is 14.8 Å². The fourth-order valence-corrected chi connectivity index (χ4v) is 2.79. The van der Waals surface area contributed by atoms with Crippen molar-refractivity contribution in [3.63, 3.8) is 0 Å². The Balaban J connectivity index is 2.55. The second-order valence-electron chi connectivity index (χ2n) is 4.49. The van der Waals surface area contributed by atoms with Gasteiger partial charge in [0.2, 0.25) is 10.0 Å². The second-order valence-corrected chi connectivity index (χ2v) is 6.02. The molecule has 0 unspecified atom stereocenters. The predicted octanol–water partition coefficient (Wildman–Crippen LogP) is 2.82. The highest BCUT2D eigenvalue weighted by molar-refractivity contribution is 7.89. The predicted molar refractivity (Wildman–Crippen MR) is 73.7 cm³/mol. The van der Waals surface area contributed by atoms with Gasteiger partial charge in [0.05, 0.1) is 4.90 Å². The normalized spacial score (nSPS) is 12.2. The van der Waals surface area contributed by atoms with Crippen LogP contribution in [0, 0.1) is 0 Å². The average Bonchev–Trinajstić information content (AvgIpc) is 2.39. The molecular formula is C14H12F3NO3S. The summed E-state index contributed by atoms with van der Waals surface area (Å²) in [6, 6.07) is 11.8. The lowest BCUT2D eigenvalue weighted by molar-refractivity contribution is -0.275. The third-order valence-corrected chi connectivity index (χ3v) is 3.84. The molecule has 0 atom stereocenters. The minimum Gasteiger partial charge on any atom is -0.405 e. The fourth-order valence-electron chi connectivity index (χ4n) is 2.01. The summed E-state index contributed by atoms with van der Waals surface area (Å²) < 4.78 is 64.6. The topological polar surface area (TPSA) is 69.4 Å². The van der Waals surface area contributed by atoms with E-state index in [0.717, 1.165) is 18.2 Å². The van der Waals surface area contributed by atoms with Crippen molar-refractivity contribution in [1.29, 1.82) is 0 Å². The van der Waals surface area contributed by atoms with Crippen molar-refractivity contribution in [2.24, 2.45) is 5.14 Å². The van der Waals surface area contributed by atoms with Crippen molar-refractivity contribution in [3.05, 3.63) is 59.7 Å². The summed E-state index contributed by atoms with van der Waals surface area (Å²) in [7, 11) is -4.18. The highest BCUT2D eigenvalue weighted by Crippen LogP contribution is 2.32. The Kier molecular flexibility index (Phi) is 4.43. The molecule has 2 aromatic rings. The molecule has 2 rings (SSSR count). The van der Waals surface area contributed by atoms with E-state index in [9.17, 15) is 21.6 Å². The molecule has 118 valence electrons. The number of ether oxygens (including phenoxy) is 1. The quantitative estimate of drug-likeness (QED) is 0.936. The number of alkyl halides is 3. The highest BCUT2D eigenvalue weighted by atomic mass is 32.2. The molecule has 0 spiro atoms. The fraction of sp³-hybridized carbons (Fsp3) is 0.143. The Labute approximate surface area is 125 Å². The molecule has 0 aromatic heterocycles. The summed E-state index contributed by atoms with van der Waals surface area (Å²) >= 11 is 0. The van der Waals surface area contributed by atoms with Gasteiger partial charge in [-0.15, -0.1) is 13.2 Å². The SMILES string of the molecule is NS(=O)(=O)c1cccc(OC(F)(F)F)c1Cc1ccccc1. The number of benzene rings is 2. The molecule has 0 fully saturated rings. The Hall–Kier alpha value is -2.06. The maximum absolute atomic E-state index is 12.5. The van der Waals surface area contributed by atoms with E-state index in [2.05, 4.69) is 4.74 Å². The minimum absolute atomic E-state index is 0.0567. The van der Waals surface area contributed by atoms with E-state index in [0.29, 0.717) is 5.56 Å². The van der Waals surface area contributed by atoms with Gasteiger partial charge in [-0.2, -0.15) is 0 Å². The Morgan fingerprint density at radius 3 is 2.18 bits per heavy atom. The van der Waals surface area contributed by atoms with Gasteiger partial charge < -0.3 is 4.74 Å². The van der Waals surface area contributed by atoms with Gasteiger partial charge in [-0.3, -0.25) is 0 Å². The summed E-state index contributed by atoms with van der Waals surface area (Å²) in [6.07, 6.45) is -4.98. The number of halogens is 3. The third kappa shape index (κ3) is 4.22. The van der Waals surface area contributed by atoms with Crippen LogP contribution in [0.1, 0.15) is 11.1 Å².